The molecule has 0 spiro atoms. The van der Waals surface area contributed by atoms with Crippen molar-refractivity contribution in [2.45, 2.75) is 19.5 Å². The molecule has 1 aliphatic heterocycles. The number of aromatic nitrogens is 2. The Labute approximate surface area is 149 Å². The van der Waals surface area contributed by atoms with Crippen molar-refractivity contribution in [1.82, 2.24) is 19.4 Å². The maximum atomic E-state index is 12.9. The quantitative estimate of drug-likeness (QED) is 0.829. The average molecular weight is 342 g/mol. The lowest BCUT2D eigenvalue weighted by molar-refractivity contribution is -0.131. The van der Waals surface area contributed by atoms with Crippen LogP contribution >= 0.6 is 0 Å². The molecule has 0 unspecified atom stereocenters. The summed E-state index contributed by atoms with van der Waals surface area (Å²) in [7, 11) is 5.79. The fourth-order valence-corrected chi connectivity index (χ4v) is 3.39. The highest BCUT2D eigenvalue weighted by Crippen LogP contribution is 2.18. The average Bonchev–Trinajstić information content (AvgIpc) is 2.93. The van der Waals surface area contributed by atoms with E-state index in [9.17, 15) is 4.79 Å². The summed E-state index contributed by atoms with van der Waals surface area (Å²) >= 11 is 0. The number of nitrogens with zero attached hydrogens (tertiary/aromatic N) is 4. The highest BCUT2D eigenvalue weighted by molar-refractivity contribution is 5.78. The molecule has 1 amide bonds. The van der Waals surface area contributed by atoms with Crippen molar-refractivity contribution in [2.24, 2.45) is 5.92 Å². The molecule has 0 bridgehead atoms. The van der Waals surface area contributed by atoms with Crippen LogP contribution in [0.2, 0.25) is 0 Å². The van der Waals surface area contributed by atoms with Crippen LogP contribution in [0.1, 0.15) is 11.4 Å². The smallest absolute Gasteiger partial charge is 0.227 e. The predicted molar refractivity (Wildman–Crippen MR) is 96.4 cm³/mol. The number of benzene rings is 1. The van der Waals surface area contributed by atoms with Crippen molar-refractivity contribution in [3.05, 3.63) is 48.0 Å². The van der Waals surface area contributed by atoms with Crippen LogP contribution in [0.15, 0.2) is 36.7 Å². The Morgan fingerprint density at radius 1 is 1.28 bits per heavy atom. The van der Waals surface area contributed by atoms with Gasteiger partial charge in [-0.15, -0.1) is 0 Å². The summed E-state index contributed by atoms with van der Waals surface area (Å²) in [5, 5.41) is 0. The van der Waals surface area contributed by atoms with Crippen LogP contribution in [0.5, 0.6) is 5.75 Å². The van der Waals surface area contributed by atoms with Crippen molar-refractivity contribution in [3.8, 4) is 5.75 Å². The summed E-state index contributed by atoms with van der Waals surface area (Å²) in [4.78, 5) is 21.4. The van der Waals surface area contributed by atoms with Crippen LogP contribution in [0.25, 0.3) is 0 Å². The maximum Gasteiger partial charge on any atom is 0.227 e. The molecule has 1 aromatic heterocycles. The van der Waals surface area contributed by atoms with Crippen molar-refractivity contribution < 1.29 is 9.53 Å². The molecular weight excluding hydrogens is 316 g/mol. The second-order valence-electron chi connectivity index (χ2n) is 6.92. The molecule has 134 valence electrons. The van der Waals surface area contributed by atoms with Gasteiger partial charge in [0.1, 0.15) is 11.6 Å². The summed E-state index contributed by atoms with van der Waals surface area (Å²) in [6, 6.07) is 7.69. The molecule has 25 heavy (non-hydrogen) atoms. The molecule has 6 heteroatoms. The molecular formula is C19H26N4O2. The van der Waals surface area contributed by atoms with E-state index < -0.39 is 0 Å². The van der Waals surface area contributed by atoms with Crippen molar-refractivity contribution >= 4 is 5.91 Å². The summed E-state index contributed by atoms with van der Waals surface area (Å²) in [6.45, 7) is 3.19. The third-order valence-electron chi connectivity index (χ3n) is 4.56. The van der Waals surface area contributed by atoms with Gasteiger partial charge in [0.15, 0.2) is 0 Å². The van der Waals surface area contributed by atoms with E-state index >= 15 is 0 Å². The summed E-state index contributed by atoms with van der Waals surface area (Å²) < 4.78 is 7.35. The number of rotatable bonds is 5. The molecule has 2 aromatic rings. The molecule has 0 aliphatic carbocycles. The summed E-state index contributed by atoms with van der Waals surface area (Å²) in [5.41, 5.74) is 1.00. The molecule has 2 heterocycles. The second-order valence-corrected chi connectivity index (χ2v) is 6.92. The molecule has 0 N–H and O–H groups in total. The van der Waals surface area contributed by atoms with Gasteiger partial charge in [-0.3, -0.25) is 4.79 Å². The number of fused-ring (bicyclic) bond motifs is 1. The first kappa shape index (κ1) is 17.5. The van der Waals surface area contributed by atoms with Crippen molar-refractivity contribution in [1.29, 1.82) is 0 Å². The number of methoxy groups -OCH3 is 1. The first-order valence-corrected chi connectivity index (χ1v) is 8.60. The minimum absolute atomic E-state index is 0.144. The van der Waals surface area contributed by atoms with Gasteiger partial charge in [-0.05, 0) is 31.8 Å². The standard InChI is InChI=1S/C19H26N4O2/c1-21(2)11-16-12-22-9-8-20-18(22)14-23(13-16)19(24)10-15-4-6-17(25-3)7-5-15/h4-9,16H,10-14H2,1-3H3/t16-/m1/s1. The Bertz CT molecular complexity index is 708. The van der Waals surface area contributed by atoms with Crippen LogP contribution < -0.4 is 4.74 Å². The van der Waals surface area contributed by atoms with E-state index in [0.29, 0.717) is 18.9 Å². The minimum atomic E-state index is 0.144. The molecule has 1 aromatic carbocycles. The van der Waals surface area contributed by atoms with Gasteiger partial charge in [0, 0.05) is 37.9 Å². The molecule has 0 saturated carbocycles. The second kappa shape index (κ2) is 7.70. The van der Waals surface area contributed by atoms with Gasteiger partial charge >= 0.3 is 0 Å². The van der Waals surface area contributed by atoms with Gasteiger partial charge in [-0.2, -0.15) is 0 Å². The lowest BCUT2D eigenvalue weighted by Gasteiger charge is -2.26. The fourth-order valence-electron chi connectivity index (χ4n) is 3.39. The number of hydrogen-bond donors (Lipinski definition) is 0. The summed E-state index contributed by atoms with van der Waals surface area (Å²) in [6.07, 6.45) is 4.23. The minimum Gasteiger partial charge on any atom is -0.497 e. The van der Waals surface area contributed by atoms with Crippen molar-refractivity contribution in [3.63, 3.8) is 0 Å². The monoisotopic (exact) mass is 342 g/mol. The zero-order valence-corrected chi connectivity index (χ0v) is 15.2. The predicted octanol–water partition coefficient (Wildman–Crippen LogP) is 1.65. The highest BCUT2D eigenvalue weighted by atomic mass is 16.5. The molecule has 1 atom stereocenters. The van der Waals surface area contributed by atoms with E-state index in [1.165, 1.54) is 0 Å². The normalized spacial score (nSPS) is 17.3. The van der Waals surface area contributed by atoms with E-state index in [2.05, 4.69) is 28.5 Å². The maximum absolute atomic E-state index is 12.9. The van der Waals surface area contributed by atoms with Gasteiger partial charge in [-0.1, -0.05) is 12.1 Å². The fraction of sp³-hybridized carbons (Fsp3) is 0.474. The van der Waals surface area contributed by atoms with Gasteiger partial charge < -0.3 is 19.1 Å². The first-order valence-electron chi connectivity index (χ1n) is 8.60. The Hall–Kier alpha value is -2.34. The van der Waals surface area contributed by atoms with Crippen LogP contribution in [0.3, 0.4) is 0 Å². The molecule has 3 rings (SSSR count). The molecule has 0 radical (unpaired) electrons. The van der Waals surface area contributed by atoms with Crippen LogP contribution in [0.4, 0.5) is 0 Å². The molecule has 6 nitrogen and oxygen atoms in total. The van der Waals surface area contributed by atoms with E-state index in [0.717, 1.165) is 36.8 Å². The first-order chi connectivity index (χ1) is 12.0. The zero-order valence-electron chi connectivity index (χ0n) is 15.2. The largest absolute Gasteiger partial charge is 0.497 e. The number of amides is 1. The molecule has 0 saturated heterocycles. The van der Waals surface area contributed by atoms with E-state index in [4.69, 9.17) is 4.74 Å². The van der Waals surface area contributed by atoms with Crippen molar-refractivity contribution in [2.75, 3.05) is 34.3 Å². The number of ether oxygens (including phenoxy) is 1. The Morgan fingerprint density at radius 3 is 2.72 bits per heavy atom. The Morgan fingerprint density at radius 2 is 2.04 bits per heavy atom. The van der Waals surface area contributed by atoms with Crippen LogP contribution in [-0.4, -0.2) is 59.6 Å². The zero-order chi connectivity index (χ0) is 17.8. The third-order valence-corrected chi connectivity index (χ3v) is 4.56. The number of imidazole rings is 1. The lowest BCUT2D eigenvalue weighted by atomic mass is 10.1. The SMILES string of the molecule is COc1ccc(CC(=O)N2Cc3nccn3C[C@@H](CN(C)C)C2)cc1. The van der Waals surface area contributed by atoms with E-state index in [-0.39, 0.29) is 5.91 Å². The number of carbonyl (C=O) groups is 1. The Kier molecular flexibility index (Phi) is 5.38. The van der Waals surface area contributed by atoms with E-state index in [1.807, 2.05) is 41.6 Å². The summed E-state index contributed by atoms with van der Waals surface area (Å²) in [5.74, 6) is 2.30. The van der Waals surface area contributed by atoms with Crippen LogP contribution in [-0.2, 0) is 24.3 Å². The van der Waals surface area contributed by atoms with Crippen LogP contribution in [0, 0.1) is 5.92 Å². The Balaban J connectivity index is 1.73. The third kappa shape index (κ3) is 4.39. The number of hydrogen-bond acceptors (Lipinski definition) is 4. The van der Waals surface area contributed by atoms with E-state index in [1.54, 1.807) is 7.11 Å². The lowest BCUT2D eigenvalue weighted by Crippen LogP contribution is -2.38. The van der Waals surface area contributed by atoms with Gasteiger partial charge in [-0.25, -0.2) is 4.98 Å². The van der Waals surface area contributed by atoms with Gasteiger partial charge in [0.25, 0.3) is 0 Å². The van der Waals surface area contributed by atoms with Gasteiger partial charge in [0.05, 0.1) is 20.1 Å². The molecule has 1 aliphatic rings. The number of carbonyl (C=O) groups excluding carboxylic acids is 1. The topological polar surface area (TPSA) is 50.6 Å². The molecule has 0 fully saturated rings. The highest BCUT2D eigenvalue weighted by Gasteiger charge is 2.26. The van der Waals surface area contributed by atoms with Gasteiger partial charge in [0.2, 0.25) is 5.91 Å².